The predicted octanol–water partition coefficient (Wildman–Crippen LogP) is 2.01. The Labute approximate surface area is 232 Å². The van der Waals surface area contributed by atoms with Gasteiger partial charge in [0, 0.05) is 36.2 Å². The first-order valence-corrected chi connectivity index (χ1v) is 16.1. The molecule has 3 N–H and O–H groups in total. The van der Waals surface area contributed by atoms with Crippen LogP contribution in [-0.2, 0) is 24.8 Å². The van der Waals surface area contributed by atoms with E-state index in [0.29, 0.717) is 43.2 Å². The molecule has 2 heterocycles. The van der Waals surface area contributed by atoms with Crippen molar-refractivity contribution in [2.75, 3.05) is 39.9 Å². The second kappa shape index (κ2) is 11.9. The Balaban J connectivity index is 1.24. The number of aryl methyl sites for hydroxylation is 1. The Morgan fingerprint density at radius 1 is 1.16 bits per heavy atom. The molecule has 0 bridgehead atoms. The molecule has 2 saturated heterocycles. The molecule has 2 aromatic carbocycles. The number of nitrogens with zero attached hydrogens (tertiary/aromatic N) is 1. The van der Waals surface area contributed by atoms with Gasteiger partial charge in [-0.3, -0.25) is 0 Å². The molecule has 2 aliphatic rings. The number of ether oxygens (including phenoxy) is 2. The van der Waals surface area contributed by atoms with Crippen molar-refractivity contribution in [3.05, 3.63) is 52.5 Å². The Morgan fingerprint density at radius 2 is 1.89 bits per heavy atom. The summed E-state index contributed by atoms with van der Waals surface area (Å²) in [6.45, 7) is 3.40. The summed E-state index contributed by atoms with van der Waals surface area (Å²) in [5, 5.41) is 13.7. The third-order valence-corrected chi connectivity index (χ3v) is 10.7. The number of hydrogen-bond acceptors (Lipinski definition) is 8. The average molecular weight is 633 g/mol. The Hall–Kier alpha value is -1.58. The zero-order chi connectivity index (χ0) is 27.6. The average Bonchev–Trinajstić information content (AvgIpc) is 3.28. The second-order valence-corrected chi connectivity index (χ2v) is 14.6. The van der Waals surface area contributed by atoms with Gasteiger partial charge >= 0.3 is 0 Å². The highest BCUT2D eigenvalue weighted by atomic mass is 79.9. The van der Waals surface area contributed by atoms with Gasteiger partial charge in [0.05, 0.1) is 22.0 Å². The van der Waals surface area contributed by atoms with Gasteiger partial charge in [-0.2, -0.15) is 4.31 Å². The number of benzene rings is 2. The van der Waals surface area contributed by atoms with E-state index in [-0.39, 0.29) is 29.7 Å². The SMILES string of the molecule is CNS(=O)(=O)c1cccc(OC[C@@H](O)CNC2COC3(CCN(S(=O)(=O)c4cc(C)cc(Br)c4)CC3)C2)c1. The molecule has 10 nitrogen and oxygen atoms in total. The molecule has 0 aromatic heterocycles. The smallest absolute Gasteiger partial charge is 0.243 e. The molecule has 4 rings (SSSR count). The van der Waals surface area contributed by atoms with Crippen LogP contribution in [0.25, 0.3) is 0 Å². The van der Waals surface area contributed by atoms with Crippen LogP contribution in [0.4, 0.5) is 0 Å². The fraction of sp³-hybridized carbons (Fsp3) is 0.520. The van der Waals surface area contributed by atoms with Gasteiger partial charge < -0.3 is 19.9 Å². The summed E-state index contributed by atoms with van der Waals surface area (Å²) >= 11 is 3.38. The van der Waals surface area contributed by atoms with E-state index in [1.807, 2.05) is 13.0 Å². The lowest BCUT2D eigenvalue weighted by Crippen LogP contribution is -2.47. The fourth-order valence-electron chi connectivity index (χ4n) is 4.86. The summed E-state index contributed by atoms with van der Waals surface area (Å²) in [7, 11) is -5.82. The van der Waals surface area contributed by atoms with Gasteiger partial charge in [-0.1, -0.05) is 22.0 Å². The Morgan fingerprint density at radius 3 is 2.58 bits per heavy atom. The first-order valence-electron chi connectivity index (χ1n) is 12.4. The van der Waals surface area contributed by atoms with Crippen molar-refractivity contribution in [3.63, 3.8) is 0 Å². The van der Waals surface area contributed by atoms with Crippen LogP contribution < -0.4 is 14.8 Å². The van der Waals surface area contributed by atoms with Gasteiger partial charge in [0.25, 0.3) is 0 Å². The minimum atomic E-state index is -3.58. The summed E-state index contributed by atoms with van der Waals surface area (Å²) in [4.78, 5) is 0.378. The molecule has 2 aromatic rings. The van der Waals surface area contributed by atoms with Crippen molar-refractivity contribution in [3.8, 4) is 5.75 Å². The predicted molar refractivity (Wildman–Crippen MR) is 146 cm³/mol. The largest absolute Gasteiger partial charge is 0.491 e. The topological polar surface area (TPSA) is 134 Å². The van der Waals surface area contributed by atoms with Crippen molar-refractivity contribution in [2.24, 2.45) is 0 Å². The summed E-state index contributed by atoms with van der Waals surface area (Å²) < 4.78 is 66.5. The Bertz CT molecular complexity index is 1330. The van der Waals surface area contributed by atoms with E-state index < -0.39 is 26.2 Å². The van der Waals surface area contributed by atoms with E-state index in [2.05, 4.69) is 26.0 Å². The van der Waals surface area contributed by atoms with Gasteiger partial charge in [-0.05, 0) is 69.1 Å². The van der Waals surface area contributed by atoms with Crippen molar-refractivity contribution < 1.29 is 31.4 Å². The van der Waals surface area contributed by atoms with Crippen molar-refractivity contribution in [1.82, 2.24) is 14.3 Å². The summed E-state index contributed by atoms with van der Waals surface area (Å²) in [6.07, 6.45) is 1.13. The highest BCUT2D eigenvalue weighted by Gasteiger charge is 2.44. The number of hydrogen-bond donors (Lipinski definition) is 3. The van der Waals surface area contributed by atoms with E-state index in [0.717, 1.165) is 16.5 Å². The molecular weight excluding hydrogens is 598 g/mol. The van der Waals surface area contributed by atoms with E-state index in [1.54, 1.807) is 24.3 Å². The van der Waals surface area contributed by atoms with E-state index in [1.165, 1.54) is 23.5 Å². The minimum absolute atomic E-state index is 0.00330. The van der Waals surface area contributed by atoms with Crippen molar-refractivity contribution >= 4 is 36.0 Å². The zero-order valence-electron chi connectivity index (χ0n) is 21.4. The lowest BCUT2D eigenvalue weighted by Gasteiger charge is -2.38. The van der Waals surface area contributed by atoms with Crippen LogP contribution in [0.15, 0.2) is 56.7 Å². The molecule has 1 spiro atoms. The van der Waals surface area contributed by atoms with Gasteiger partial charge in [-0.25, -0.2) is 21.6 Å². The molecule has 2 atom stereocenters. The number of aliphatic hydroxyl groups is 1. The van der Waals surface area contributed by atoms with Crippen LogP contribution in [0, 0.1) is 6.92 Å². The molecule has 13 heteroatoms. The first-order chi connectivity index (χ1) is 17.9. The highest BCUT2D eigenvalue weighted by Crippen LogP contribution is 2.37. The molecular formula is C25H34BrN3O7S2. The summed E-state index contributed by atoms with van der Waals surface area (Å²) in [5.41, 5.74) is 0.500. The number of nitrogens with one attached hydrogen (secondary N) is 2. The fourth-order valence-corrected chi connectivity index (χ4v) is 7.96. The number of rotatable bonds is 10. The van der Waals surface area contributed by atoms with Crippen LogP contribution >= 0.6 is 15.9 Å². The van der Waals surface area contributed by atoms with Gasteiger partial charge in [0.15, 0.2) is 0 Å². The van der Waals surface area contributed by atoms with E-state index >= 15 is 0 Å². The lowest BCUT2D eigenvalue weighted by molar-refractivity contribution is -0.0312. The maximum absolute atomic E-state index is 13.2. The molecule has 0 saturated carbocycles. The van der Waals surface area contributed by atoms with E-state index in [9.17, 15) is 21.9 Å². The van der Waals surface area contributed by atoms with Crippen LogP contribution in [0.3, 0.4) is 0 Å². The standard InChI is InChI=1S/C25H34BrN3O7S2/c1-18-10-19(26)12-24(11-18)38(33,34)29-8-6-25(7-9-29)14-20(16-36-25)28-15-21(30)17-35-22-4-3-5-23(13-22)37(31,32)27-2/h3-5,10-13,20-21,27-28,30H,6-9,14-17H2,1-2H3/t20?,21-/m0/s1. The monoisotopic (exact) mass is 631 g/mol. The van der Waals surface area contributed by atoms with Crippen LogP contribution in [0.1, 0.15) is 24.8 Å². The van der Waals surface area contributed by atoms with Gasteiger partial charge in [-0.15, -0.1) is 0 Å². The van der Waals surface area contributed by atoms with Gasteiger partial charge in [0.1, 0.15) is 18.5 Å². The van der Waals surface area contributed by atoms with Crippen LogP contribution in [0.5, 0.6) is 5.75 Å². The number of piperidine rings is 1. The highest BCUT2D eigenvalue weighted by molar-refractivity contribution is 9.10. The van der Waals surface area contributed by atoms with E-state index in [4.69, 9.17) is 9.47 Å². The minimum Gasteiger partial charge on any atom is -0.491 e. The maximum atomic E-state index is 13.2. The van der Waals surface area contributed by atoms with Gasteiger partial charge in [0.2, 0.25) is 20.0 Å². The maximum Gasteiger partial charge on any atom is 0.243 e. The molecule has 1 unspecified atom stereocenters. The lowest BCUT2D eigenvalue weighted by atomic mass is 9.88. The first kappa shape index (κ1) is 29.4. The van der Waals surface area contributed by atoms with Crippen molar-refractivity contribution in [2.45, 2.75) is 53.7 Å². The third kappa shape index (κ3) is 6.94. The quantitative estimate of drug-likeness (QED) is 0.363. The molecule has 0 aliphatic carbocycles. The van der Waals surface area contributed by atoms with Crippen LogP contribution in [-0.4, -0.2) is 83.9 Å². The normalized spacial score (nSPS) is 21.0. The van der Waals surface area contributed by atoms with Crippen molar-refractivity contribution in [1.29, 1.82) is 0 Å². The molecule has 2 aliphatic heterocycles. The second-order valence-electron chi connectivity index (χ2n) is 9.82. The zero-order valence-corrected chi connectivity index (χ0v) is 24.6. The summed E-state index contributed by atoms with van der Waals surface area (Å²) in [6, 6.07) is 11.3. The molecule has 0 amide bonds. The molecule has 0 radical (unpaired) electrons. The molecule has 2 fully saturated rings. The number of halogens is 1. The molecule has 210 valence electrons. The number of sulfonamides is 2. The van der Waals surface area contributed by atoms with Crippen LogP contribution in [0.2, 0.25) is 0 Å². The third-order valence-electron chi connectivity index (χ3n) is 6.97. The number of aliphatic hydroxyl groups excluding tert-OH is 1. The Kier molecular flexibility index (Phi) is 9.20. The summed E-state index contributed by atoms with van der Waals surface area (Å²) in [5.74, 6) is 0.350. The molecule has 38 heavy (non-hydrogen) atoms.